The number of carboxylic acids is 1. The standard InChI is InChI=1S/C9H18O4.C7H6O2.C3H8O/c1-3-4-7-13-8(10)5-6-9(2,11)12;8-7(9)6-4-2-1-3-5-6;1-3(2)4/h11-12H,3-7H2,1-2H3;1-5H,(H,8,9);3-4H,1-2H3. The third-order valence-electron chi connectivity index (χ3n) is 2.58. The van der Waals surface area contributed by atoms with Crippen molar-refractivity contribution in [1.82, 2.24) is 0 Å². The molecule has 0 bridgehead atoms. The second-order valence-corrected chi connectivity index (χ2v) is 6.06. The molecule has 0 aliphatic carbocycles. The lowest BCUT2D eigenvalue weighted by Crippen LogP contribution is -2.24. The Morgan fingerprint density at radius 2 is 1.65 bits per heavy atom. The fraction of sp³-hybridized carbons (Fsp3) is 0.579. The van der Waals surface area contributed by atoms with Crippen molar-refractivity contribution in [1.29, 1.82) is 0 Å². The Hall–Kier alpha value is -1.96. The molecule has 1 rings (SSSR count). The van der Waals surface area contributed by atoms with Gasteiger partial charge >= 0.3 is 11.9 Å². The van der Waals surface area contributed by atoms with Crippen LogP contribution >= 0.6 is 0 Å². The number of rotatable bonds is 7. The molecule has 0 amide bonds. The van der Waals surface area contributed by atoms with Crippen LogP contribution in [0.25, 0.3) is 0 Å². The van der Waals surface area contributed by atoms with Gasteiger partial charge in [-0.25, -0.2) is 4.79 Å². The van der Waals surface area contributed by atoms with Crippen LogP contribution in [-0.2, 0) is 9.53 Å². The monoisotopic (exact) mass is 372 g/mol. The Bertz CT molecular complexity index is 476. The number of aliphatic hydroxyl groups excluding tert-OH is 1. The maximum Gasteiger partial charge on any atom is 0.335 e. The molecule has 7 heteroatoms. The molecule has 0 unspecified atom stereocenters. The molecular weight excluding hydrogens is 340 g/mol. The fourth-order valence-corrected chi connectivity index (χ4v) is 1.32. The highest BCUT2D eigenvalue weighted by atomic mass is 16.5. The minimum absolute atomic E-state index is 0.0119. The van der Waals surface area contributed by atoms with Crippen LogP contribution in [0.4, 0.5) is 0 Å². The van der Waals surface area contributed by atoms with Crippen molar-refractivity contribution < 1.29 is 34.8 Å². The Morgan fingerprint density at radius 3 is 2.00 bits per heavy atom. The van der Waals surface area contributed by atoms with Crippen LogP contribution in [0.5, 0.6) is 0 Å². The average molecular weight is 372 g/mol. The number of carbonyl (C=O) groups excluding carboxylic acids is 1. The molecule has 1 aromatic rings. The molecule has 0 saturated carbocycles. The summed E-state index contributed by atoms with van der Waals surface area (Å²) in [5.74, 6) is -3.03. The summed E-state index contributed by atoms with van der Waals surface area (Å²) < 4.78 is 4.82. The Balaban J connectivity index is 0. The predicted octanol–water partition coefficient (Wildman–Crippen LogP) is 2.58. The van der Waals surface area contributed by atoms with E-state index in [4.69, 9.17) is 25.2 Å². The number of unbranched alkanes of at least 4 members (excludes halogenated alkanes) is 1. The average Bonchev–Trinajstić information content (AvgIpc) is 2.53. The highest BCUT2D eigenvalue weighted by Gasteiger charge is 2.17. The van der Waals surface area contributed by atoms with E-state index in [9.17, 15) is 9.59 Å². The maximum atomic E-state index is 10.9. The highest BCUT2D eigenvalue weighted by Crippen LogP contribution is 2.07. The lowest BCUT2D eigenvalue weighted by atomic mass is 10.2. The second-order valence-electron chi connectivity index (χ2n) is 6.06. The van der Waals surface area contributed by atoms with E-state index in [2.05, 4.69) is 0 Å². The molecule has 4 N–H and O–H groups in total. The Morgan fingerprint density at radius 1 is 1.15 bits per heavy atom. The van der Waals surface area contributed by atoms with Crippen LogP contribution in [0.15, 0.2) is 30.3 Å². The Labute approximate surface area is 155 Å². The predicted molar refractivity (Wildman–Crippen MR) is 98.7 cm³/mol. The van der Waals surface area contributed by atoms with Crippen molar-refractivity contribution in [3.63, 3.8) is 0 Å². The summed E-state index contributed by atoms with van der Waals surface area (Å²) in [5.41, 5.74) is 0.331. The number of aromatic carboxylic acids is 1. The number of carboxylic acid groups (broad SMARTS) is 1. The van der Waals surface area contributed by atoms with Crippen molar-refractivity contribution in [3.8, 4) is 0 Å². The minimum Gasteiger partial charge on any atom is -0.478 e. The quantitative estimate of drug-likeness (QED) is 0.329. The summed E-state index contributed by atoms with van der Waals surface area (Å²) in [7, 11) is 0. The number of aliphatic hydroxyl groups is 3. The molecule has 0 fully saturated rings. The molecule has 0 aromatic heterocycles. The molecule has 1 aromatic carbocycles. The third kappa shape index (κ3) is 22.0. The first kappa shape index (κ1) is 26.3. The van der Waals surface area contributed by atoms with Gasteiger partial charge in [-0.3, -0.25) is 4.79 Å². The van der Waals surface area contributed by atoms with E-state index in [1.807, 2.05) is 6.92 Å². The van der Waals surface area contributed by atoms with Crippen LogP contribution < -0.4 is 0 Å². The molecule has 0 aliphatic rings. The fourth-order valence-electron chi connectivity index (χ4n) is 1.32. The summed E-state index contributed by atoms with van der Waals surface area (Å²) in [4.78, 5) is 21.1. The zero-order valence-electron chi connectivity index (χ0n) is 16.0. The largest absolute Gasteiger partial charge is 0.478 e. The van der Waals surface area contributed by atoms with E-state index in [1.54, 1.807) is 44.2 Å². The topological polar surface area (TPSA) is 124 Å². The lowest BCUT2D eigenvalue weighted by molar-refractivity contribution is -0.163. The van der Waals surface area contributed by atoms with Gasteiger partial charge in [0.1, 0.15) is 0 Å². The summed E-state index contributed by atoms with van der Waals surface area (Å²) in [6.45, 7) is 7.11. The lowest BCUT2D eigenvalue weighted by Gasteiger charge is -2.14. The van der Waals surface area contributed by atoms with Gasteiger partial charge in [-0.2, -0.15) is 0 Å². The van der Waals surface area contributed by atoms with Gasteiger partial charge in [0, 0.05) is 12.5 Å². The number of benzene rings is 1. The molecule has 0 saturated heterocycles. The van der Waals surface area contributed by atoms with E-state index >= 15 is 0 Å². The van der Waals surface area contributed by atoms with Crippen molar-refractivity contribution in [3.05, 3.63) is 35.9 Å². The first-order valence-electron chi connectivity index (χ1n) is 8.56. The van der Waals surface area contributed by atoms with E-state index in [1.165, 1.54) is 6.92 Å². The molecule has 150 valence electrons. The molecule has 0 heterocycles. The van der Waals surface area contributed by atoms with Crippen LogP contribution in [0.1, 0.15) is 63.7 Å². The van der Waals surface area contributed by atoms with E-state index < -0.39 is 11.8 Å². The number of carbonyl (C=O) groups is 2. The molecule has 0 spiro atoms. The van der Waals surface area contributed by atoms with Gasteiger partial charge in [0.25, 0.3) is 0 Å². The van der Waals surface area contributed by atoms with Crippen LogP contribution in [0, 0.1) is 0 Å². The minimum atomic E-state index is -1.77. The molecule has 0 atom stereocenters. The van der Waals surface area contributed by atoms with E-state index in [-0.39, 0.29) is 24.9 Å². The number of esters is 1. The van der Waals surface area contributed by atoms with Crippen molar-refractivity contribution >= 4 is 11.9 Å². The molecule has 26 heavy (non-hydrogen) atoms. The van der Waals surface area contributed by atoms with Crippen molar-refractivity contribution in [2.75, 3.05) is 6.61 Å². The normalized spacial score (nSPS) is 10.2. The van der Waals surface area contributed by atoms with Crippen LogP contribution in [0.2, 0.25) is 0 Å². The maximum absolute atomic E-state index is 10.9. The van der Waals surface area contributed by atoms with Gasteiger partial charge in [0.05, 0.1) is 18.6 Å². The van der Waals surface area contributed by atoms with E-state index in [0.29, 0.717) is 12.2 Å². The number of hydrogen-bond donors (Lipinski definition) is 4. The van der Waals surface area contributed by atoms with Gasteiger partial charge in [0.15, 0.2) is 5.79 Å². The summed E-state index contributed by atoms with van der Waals surface area (Å²) >= 11 is 0. The zero-order chi connectivity index (χ0) is 20.6. The van der Waals surface area contributed by atoms with Crippen molar-refractivity contribution in [2.24, 2.45) is 0 Å². The van der Waals surface area contributed by atoms with Gasteiger partial charge in [-0.05, 0) is 39.3 Å². The zero-order valence-corrected chi connectivity index (χ0v) is 16.0. The smallest absolute Gasteiger partial charge is 0.335 e. The first-order chi connectivity index (χ1) is 12.0. The molecule has 0 radical (unpaired) electrons. The second kappa shape index (κ2) is 15.3. The molecule has 0 aliphatic heterocycles. The number of hydrogen-bond acceptors (Lipinski definition) is 6. The summed E-state index contributed by atoms with van der Waals surface area (Å²) in [6.07, 6.45) is 1.72. The first-order valence-corrected chi connectivity index (χ1v) is 8.56. The highest BCUT2D eigenvalue weighted by molar-refractivity contribution is 5.87. The summed E-state index contributed by atoms with van der Waals surface area (Å²) in [6, 6.07) is 8.30. The summed E-state index contributed by atoms with van der Waals surface area (Å²) in [5, 5.41) is 34.2. The van der Waals surface area contributed by atoms with Crippen LogP contribution in [-0.4, -0.2) is 50.9 Å². The SMILES string of the molecule is CC(C)O.CCCCOC(=O)CCC(C)(O)O.O=C(O)c1ccccc1. The molecule has 7 nitrogen and oxygen atoms in total. The van der Waals surface area contributed by atoms with Gasteiger partial charge < -0.3 is 25.2 Å². The van der Waals surface area contributed by atoms with Gasteiger partial charge in [-0.1, -0.05) is 31.5 Å². The van der Waals surface area contributed by atoms with Crippen molar-refractivity contribution in [2.45, 2.75) is 65.3 Å². The number of ether oxygens (including phenoxy) is 1. The van der Waals surface area contributed by atoms with Crippen LogP contribution in [0.3, 0.4) is 0 Å². The molecular formula is C19H32O7. The third-order valence-corrected chi connectivity index (χ3v) is 2.58. The van der Waals surface area contributed by atoms with Gasteiger partial charge in [-0.15, -0.1) is 0 Å². The van der Waals surface area contributed by atoms with Gasteiger partial charge in [0.2, 0.25) is 0 Å². The van der Waals surface area contributed by atoms with E-state index in [0.717, 1.165) is 12.8 Å². The Kier molecular flexibility index (Phi) is 15.5.